The van der Waals surface area contributed by atoms with Crippen molar-refractivity contribution in [2.45, 2.75) is 76.7 Å². The summed E-state index contributed by atoms with van der Waals surface area (Å²) in [6.07, 6.45) is 14.3. The topological polar surface area (TPSA) is 49.3 Å². The van der Waals surface area contributed by atoms with Crippen LogP contribution >= 0.6 is 0 Å². The Bertz CT molecular complexity index is 390. The van der Waals surface area contributed by atoms with Crippen LogP contribution in [0.4, 0.5) is 0 Å². The molecular formula is C19H31NO2. The number of rotatable bonds is 5. The SMILES string of the molecule is O=C(O)C1CCC(NCCC23CC4CC(CC(C4)C2)C3)CC1. The van der Waals surface area contributed by atoms with Crippen LogP contribution in [0.15, 0.2) is 0 Å². The van der Waals surface area contributed by atoms with Gasteiger partial charge in [-0.3, -0.25) is 4.79 Å². The minimum absolute atomic E-state index is 0.0822. The molecule has 0 aromatic rings. The molecule has 0 saturated heterocycles. The zero-order valence-corrected chi connectivity index (χ0v) is 13.7. The lowest BCUT2D eigenvalue weighted by atomic mass is 9.49. The van der Waals surface area contributed by atoms with Gasteiger partial charge in [-0.05, 0) is 100 Å². The van der Waals surface area contributed by atoms with Crippen molar-refractivity contribution in [3.63, 3.8) is 0 Å². The zero-order chi connectivity index (χ0) is 15.2. The van der Waals surface area contributed by atoms with Crippen LogP contribution in [0.3, 0.4) is 0 Å². The second-order valence-corrected chi connectivity index (χ2v) is 9.01. The molecule has 0 amide bonds. The fraction of sp³-hybridized carbons (Fsp3) is 0.947. The van der Waals surface area contributed by atoms with E-state index >= 15 is 0 Å². The summed E-state index contributed by atoms with van der Waals surface area (Å²) >= 11 is 0. The molecule has 0 spiro atoms. The van der Waals surface area contributed by atoms with E-state index in [9.17, 15) is 4.79 Å². The van der Waals surface area contributed by atoms with E-state index in [0.717, 1.165) is 50.0 Å². The minimum Gasteiger partial charge on any atom is -0.481 e. The average molecular weight is 305 g/mol. The molecule has 5 rings (SSSR count). The molecule has 5 aliphatic rings. The van der Waals surface area contributed by atoms with Crippen molar-refractivity contribution in [1.29, 1.82) is 0 Å². The van der Waals surface area contributed by atoms with E-state index in [4.69, 9.17) is 5.11 Å². The van der Waals surface area contributed by atoms with Crippen LogP contribution in [-0.2, 0) is 4.79 Å². The molecule has 22 heavy (non-hydrogen) atoms. The monoisotopic (exact) mass is 305 g/mol. The predicted molar refractivity (Wildman–Crippen MR) is 86.6 cm³/mol. The van der Waals surface area contributed by atoms with Crippen molar-refractivity contribution in [2.75, 3.05) is 6.54 Å². The maximum absolute atomic E-state index is 11.0. The van der Waals surface area contributed by atoms with Crippen molar-refractivity contribution >= 4 is 5.97 Å². The smallest absolute Gasteiger partial charge is 0.306 e. The molecule has 0 aliphatic heterocycles. The second-order valence-electron chi connectivity index (χ2n) is 9.01. The Morgan fingerprint density at radius 1 is 0.955 bits per heavy atom. The van der Waals surface area contributed by atoms with E-state index in [1.165, 1.54) is 44.9 Å². The lowest BCUT2D eigenvalue weighted by Crippen LogP contribution is -2.47. The van der Waals surface area contributed by atoms with Gasteiger partial charge in [0.15, 0.2) is 0 Å². The number of hydrogen-bond donors (Lipinski definition) is 2. The molecular weight excluding hydrogens is 274 g/mol. The van der Waals surface area contributed by atoms with Gasteiger partial charge in [-0.15, -0.1) is 0 Å². The van der Waals surface area contributed by atoms with Gasteiger partial charge in [0.25, 0.3) is 0 Å². The largest absolute Gasteiger partial charge is 0.481 e. The Labute approximate surface area is 134 Å². The van der Waals surface area contributed by atoms with E-state index in [1.807, 2.05) is 0 Å². The van der Waals surface area contributed by atoms with Gasteiger partial charge < -0.3 is 10.4 Å². The number of carboxylic acid groups (broad SMARTS) is 1. The van der Waals surface area contributed by atoms with Crippen molar-refractivity contribution in [2.24, 2.45) is 29.1 Å². The van der Waals surface area contributed by atoms with Gasteiger partial charge in [-0.1, -0.05) is 0 Å². The van der Waals surface area contributed by atoms with Crippen LogP contribution in [0.2, 0.25) is 0 Å². The van der Waals surface area contributed by atoms with Crippen LogP contribution in [-0.4, -0.2) is 23.7 Å². The van der Waals surface area contributed by atoms with Crippen molar-refractivity contribution < 1.29 is 9.90 Å². The highest BCUT2D eigenvalue weighted by molar-refractivity contribution is 5.70. The average Bonchev–Trinajstić information content (AvgIpc) is 2.46. The molecule has 4 bridgehead atoms. The third-order valence-corrected chi connectivity index (χ3v) is 7.33. The highest BCUT2D eigenvalue weighted by atomic mass is 16.4. The predicted octanol–water partition coefficient (Wildman–Crippen LogP) is 3.83. The molecule has 0 aromatic heterocycles. The quantitative estimate of drug-likeness (QED) is 0.811. The fourth-order valence-electron chi connectivity index (χ4n) is 6.68. The molecule has 5 fully saturated rings. The van der Waals surface area contributed by atoms with Gasteiger partial charge in [0.05, 0.1) is 5.92 Å². The summed E-state index contributed by atoms with van der Waals surface area (Å²) in [5.74, 6) is 2.49. The first-order valence-corrected chi connectivity index (χ1v) is 9.58. The molecule has 0 aromatic carbocycles. The van der Waals surface area contributed by atoms with E-state index < -0.39 is 5.97 Å². The van der Waals surface area contributed by atoms with E-state index in [2.05, 4.69) is 5.32 Å². The summed E-state index contributed by atoms with van der Waals surface area (Å²) in [6.45, 7) is 1.16. The molecule has 3 heteroatoms. The molecule has 3 nitrogen and oxygen atoms in total. The Balaban J connectivity index is 1.23. The number of nitrogens with one attached hydrogen (secondary N) is 1. The number of aliphatic carboxylic acids is 1. The summed E-state index contributed by atoms with van der Waals surface area (Å²) in [4.78, 5) is 11.0. The van der Waals surface area contributed by atoms with Crippen molar-refractivity contribution in [3.8, 4) is 0 Å². The number of carboxylic acids is 1. The Morgan fingerprint density at radius 3 is 2.00 bits per heavy atom. The highest BCUT2D eigenvalue weighted by Crippen LogP contribution is 2.61. The first kappa shape index (κ1) is 15.0. The maximum atomic E-state index is 11.0. The van der Waals surface area contributed by atoms with E-state index in [-0.39, 0.29) is 5.92 Å². The zero-order valence-electron chi connectivity index (χ0n) is 13.7. The number of carbonyl (C=O) groups is 1. The van der Waals surface area contributed by atoms with Crippen molar-refractivity contribution in [3.05, 3.63) is 0 Å². The maximum Gasteiger partial charge on any atom is 0.306 e. The van der Waals surface area contributed by atoms with E-state index in [0.29, 0.717) is 11.5 Å². The van der Waals surface area contributed by atoms with Gasteiger partial charge >= 0.3 is 5.97 Å². The van der Waals surface area contributed by atoms with Crippen molar-refractivity contribution in [1.82, 2.24) is 5.32 Å². The summed E-state index contributed by atoms with van der Waals surface area (Å²) in [7, 11) is 0. The normalized spacial score (nSPS) is 46.8. The molecule has 0 radical (unpaired) electrons. The second kappa shape index (κ2) is 5.81. The summed E-state index contributed by atoms with van der Waals surface area (Å²) in [6, 6.07) is 0.574. The first-order chi connectivity index (χ1) is 10.6. The first-order valence-electron chi connectivity index (χ1n) is 9.58. The van der Waals surface area contributed by atoms with Gasteiger partial charge in [-0.25, -0.2) is 0 Å². The van der Waals surface area contributed by atoms with Crippen LogP contribution in [0, 0.1) is 29.1 Å². The van der Waals surface area contributed by atoms with Crippen LogP contribution < -0.4 is 5.32 Å². The van der Waals surface area contributed by atoms with Gasteiger partial charge in [0.2, 0.25) is 0 Å². The molecule has 0 heterocycles. The molecule has 0 atom stereocenters. The molecule has 0 unspecified atom stereocenters. The minimum atomic E-state index is -0.591. The van der Waals surface area contributed by atoms with Gasteiger partial charge in [-0.2, -0.15) is 0 Å². The summed E-state index contributed by atoms with van der Waals surface area (Å²) in [5.41, 5.74) is 0.681. The Morgan fingerprint density at radius 2 is 1.50 bits per heavy atom. The lowest BCUT2D eigenvalue weighted by Gasteiger charge is -2.57. The van der Waals surface area contributed by atoms with Crippen LogP contribution in [0.5, 0.6) is 0 Å². The lowest BCUT2D eigenvalue weighted by molar-refractivity contribution is -0.142. The highest BCUT2D eigenvalue weighted by Gasteiger charge is 2.50. The summed E-state index contributed by atoms with van der Waals surface area (Å²) < 4.78 is 0. The molecule has 5 saturated carbocycles. The molecule has 124 valence electrons. The van der Waals surface area contributed by atoms with Gasteiger partial charge in [0, 0.05) is 6.04 Å². The number of hydrogen-bond acceptors (Lipinski definition) is 2. The Hall–Kier alpha value is -0.570. The van der Waals surface area contributed by atoms with Gasteiger partial charge in [0.1, 0.15) is 0 Å². The van der Waals surface area contributed by atoms with Crippen LogP contribution in [0.1, 0.15) is 70.6 Å². The standard InChI is InChI=1S/C19H31NO2/c21-18(22)16-1-3-17(4-2-16)20-6-5-19-10-13-7-14(11-19)9-15(8-13)12-19/h13-17,20H,1-12H2,(H,21,22). The third-order valence-electron chi connectivity index (χ3n) is 7.33. The van der Waals surface area contributed by atoms with E-state index in [1.54, 1.807) is 0 Å². The Kier molecular flexibility index (Phi) is 3.96. The third kappa shape index (κ3) is 2.93. The summed E-state index contributed by atoms with van der Waals surface area (Å²) in [5, 5.41) is 12.8. The van der Waals surface area contributed by atoms with Crippen LogP contribution in [0.25, 0.3) is 0 Å². The molecule has 5 aliphatic carbocycles. The fourth-order valence-corrected chi connectivity index (χ4v) is 6.68. The molecule has 2 N–H and O–H groups in total.